The Morgan fingerprint density at radius 1 is 0.964 bits per heavy atom. The van der Waals surface area contributed by atoms with Gasteiger partial charge in [0.1, 0.15) is 0 Å². The van der Waals surface area contributed by atoms with Crippen LogP contribution in [0.15, 0.2) is 60.7 Å². The second-order valence-electron chi connectivity index (χ2n) is 6.90. The molecule has 3 N–H and O–H groups in total. The second kappa shape index (κ2) is 8.08. The molecule has 1 aliphatic rings. The number of carboxylic acid groups (broad SMARTS) is 1. The highest BCUT2D eigenvalue weighted by Gasteiger charge is 2.43. The number of rotatable bonds is 5. The summed E-state index contributed by atoms with van der Waals surface area (Å²) in [5.41, 5.74) is 6.22. The number of hydrogen-bond donors (Lipinski definition) is 2. The molecule has 0 atom stereocenters. The molecule has 2 aromatic carbocycles. The van der Waals surface area contributed by atoms with Gasteiger partial charge >= 0.3 is 5.97 Å². The highest BCUT2D eigenvalue weighted by Crippen LogP contribution is 2.36. The third kappa shape index (κ3) is 3.96. The average Bonchev–Trinajstić information content (AvgIpc) is 2.73. The van der Waals surface area contributed by atoms with E-state index in [4.69, 9.17) is 5.73 Å². The Morgan fingerprint density at radius 2 is 1.57 bits per heavy atom. The van der Waals surface area contributed by atoms with Crippen molar-refractivity contribution in [3.05, 3.63) is 77.4 Å². The molecule has 1 aliphatic heterocycles. The van der Waals surface area contributed by atoms with Gasteiger partial charge in [-0.3, -0.25) is 14.4 Å². The van der Waals surface area contributed by atoms with Crippen molar-refractivity contribution in [1.29, 1.82) is 0 Å². The number of carbonyl (C=O) groups excluding carboxylic acids is 2. The number of carbonyl (C=O) groups is 3. The van der Waals surface area contributed by atoms with Crippen LogP contribution in [0, 0.1) is 0 Å². The lowest BCUT2D eigenvalue weighted by atomic mass is 9.73. The predicted octanol–water partition coefficient (Wildman–Crippen LogP) is 2.44. The lowest BCUT2D eigenvalue weighted by Gasteiger charge is -2.38. The predicted molar refractivity (Wildman–Crippen MR) is 106 cm³/mol. The first kappa shape index (κ1) is 19.4. The summed E-state index contributed by atoms with van der Waals surface area (Å²) < 4.78 is 0. The van der Waals surface area contributed by atoms with E-state index in [9.17, 15) is 19.5 Å². The van der Waals surface area contributed by atoms with Crippen LogP contribution in [0.4, 0.5) is 0 Å². The zero-order valence-electron chi connectivity index (χ0n) is 15.4. The van der Waals surface area contributed by atoms with E-state index >= 15 is 0 Å². The lowest BCUT2D eigenvalue weighted by molar-refractivity contribution is -0.147. The van der Waals surface area contributed by atoms with Gasteiger partial charge in [-0.25, -0.2) is 0 Å². The Bertz CT molecular complexity index is 896. The maximum Gasteiger partial charge on any atom is 0.314 e. The first-order valence-electron chi connectivity index (χ1n) is 9.08. The molecule has 2 aromatic rings. The van der Waals surface area contributed by atoms with Gasteiger partial charge in [0.25, 0.3) is 0 Å². The van der Waals surface area contributed by atoms with Gasteiger partial charge in [0.2, 0.25) is 11.8 Å². The summed E-state index contributed by atoms with van der Waals surface area (Å²) in [4.78, 5) is 37.2. The van der Waals surface area contributed by atoms with Crippen LogP contribution in [0.1, 0.15) is 34.3 Å². The molecule has 144 valence electrons. The zero-order chi connectivity index (χ0) is 20.1. The molecule has 0 spiro atoms. The third-order valence-electron chi connectivity index (χ3n) is 5.28. The number of aliphatic carboxylic acids is 1. The highest BCUT2D eigenvalue weighted by molar-refractivity contribution is 5.94. The molecule has 0 saturated carbocycles. The van der Waals surface area contributed by atoms with E-state index in [1.807, 2.05) is 30.3 Å². The molecule has 6 nitrogen and oxygen atoms in total. The van der Waals surface area contributed by atoms with E-state index in [-0.39, 0.29) is 5.91 Å². The van der Waals surface area contributed by atoms with Crippen molar-refractivity contribution in [1.82, 2.24) is 4.90 Å². The van der Waals surface area contributed by atoms with Crippen LogP contribution in [0.2, 0.25) is 0 Å². The van der Waals surface area contributed by atoms with E-state index in [0.29, 0.717) is 31.5 Å². The Hall–Kier alpha value is -3.41. The van der Waals surface area contributed by atoms with Crippen molar-refractivity contribution < 1.29 is 19.5 Å². The highest BCUT2D eigenvalue weighted by atomic mass is 16.4. The van der Waals surface area contributed by atoms with Crippen molar-refractivity contribution >= 4 is 23.9 Å². The zero-order valence-corrected chi connectivity index (χ0v) is 15.4. The number of nitrogens with two attached hydrogens (primary N) is 1. The molecular formula is C22H22N2O4. The molecule has 0 bridgehead atoms. The standard InChI is InChI=1S/C22H22N2O4/c23-20(26)17-9-6-16(7-10-17)8-11-19(25)24-14-12-22(13-15-24,21(27)28)18-4-2-1-3-5-18/h1-11H,12-15H2,(H2,23,26)(H,27,28)/b11-8+. The number of amides is 2. The summed E-state index contributed by atoms with van der Waals surface area (Å²) in [6.45, 7) is 0.760. The smallest absolute Gasteiger partial charge is 0.314 e. The number of likely N-dealkylation sites (tertiary alicyclic amines) is 1. The molecule has 3 rings (SSSR count). The van der Waals surface area contributed by atoms with Crippen molar-refractivity contribution in [2.45, 2.75) is 18.3 Å². The van der Waals surface area contributed by atoms with Crippen LogP contribution < -0.4 is 5.73 Å². The lowest BCUT2D eigenvalue weighted by Crippen LogP contribution is -2.48. The number of piperidine rings is 1. The summed E-state index contributed by atoms with van der Waals surface area (Å²) in [5, 5.41) is 9.83. The number of benzene rings is 2. The van der Waals surface area contributed by atoms with E-state index in [1.165, 1.54) is 6.08 Å². The second-order valence-corrected chi connectivity index (χ2v) is 6.90. The van der Waals surface area contributed by atoms with Gasteiger partial charge in [0, 0.05) is 24.7 Å². The van der Waals surface area contributed by atoms with Crippen LogP contribution in [0.3, 0.4) is 0 Å². The molecule has 1 heterocycles. The topological polar surface area (TPSA) is 101 Å². The van der Waals surface area contributed by atoms with Gasteiger partial charge in [-0.1, -0.05) is 42.5 Å². The van der Waals surface area contributed by atoms with Crippen LogP contribution in [-0.2, 0) is 15.0 Å². The first-order valence-corrected chi connectivity index (χ1v) is 9.08. The van der Waals surface area contributed by atoms with E-state index in [2.05, 4.69) is 0 Å². The quantitative estimate of drug-likeness (QED) is 0.781. The number of nitrogens with zero attached hydrogens (tertiary/aromatic N) is 1. The molecule has 2 amide bonds. The van der Waals surface area contributed by atoms with Gasteiger partial charge in [0.15, 0.2) is 0 Å². The average molecular weight is 378 g/mol. The van der Waals surface area contributed by atoms with Gasteiger partial charge < -0.3 is 15.7 Å². The fourth-order valence-electron chi connectivity index (χ4n) is 3.52. The Morgan fingerprint density at radius 3 is 2.11 bits per heavy atom. The van der Waals surface area contributed by atoms with Gasteiger partial charge in [-0.05, 0) is 42.2 Å². The fraction of sp³-hybridized carbons (Fsp3) is 0.227. The molecule has 0 aliphatic carbocycles. The molecule has 0 radical (unpaired) electrons. The normalized spacial score (nSPS) is 16.1. The largest absolute Gasteiger partial charge is 0.481 e. The minimum Gasteiger partial charge on any atom is -0.481 e. The maximum atomic E-state index is 12.5. The summed E-state index contributed by atoms with van der Waals surface area (Å²) in [5.74, 6) is -1.51. The van der Waals surface area contributed by atoms with Gasteiger partial charge in [0.05, 0.1) is 5.41 Å². The first-order chi connectivity index (χ1) is 13.4. The van der Waals surface area contributed by atoms with Crippen molar-refractivity contribution in [3.63, 3.8) is 0 Å². The summed E-state index contributed by atoms with van der Waals surface area (Å²) in [6, 6.07) is 15.8. The minimum atomic E-state index is -0.952. The number of carboxylic acids is 1. The monoisotopic (exact) mass is 378 g/mol. The molecule has 0 aromatic heterocycles. The Kier molecular flexibility index (Phi) is 5.59. The molecule has 1 saturated heterocycles. The number of hydrogen-bond acceptors (Lipinski definition) is 3. The Balaban J connectivity index is 1.66. The van der Waals surface area contributed by atoms with Crippen LogP contribution in [-0.4, -0.2) is 40.9 Å². The molecule has 6 heteroatoms. The van der Waals surface area contributed by atoms with E-state index < -0.39 is 17.3 Å². The van der Waals surface area contributed by atoms with Crippen LogP contribution >= 0.6 is 0 Å². The minimum absolute atomic E-state index is 0.161. The summed E-state index contributed by atoms with van der Waals surface area (Å²) in [6.07, 6.45) is 3.89. The van der Waals surface area contributed by atoms with E-state index in [0.717, 1.165) is 11.1 Å². The van der Waals surface area contributed by atoms with Gasteiger partial charge in [-0.15, -0.1) is 0 Å². The van der Waals surface area contributed by atoms with Gasteiger partial charge in [-0.2, -0.15) is 0 Å². The SMILES string of the molecule is NC(=O)c1ccc(/C=C/C(=O)N2CCC(C(=O)O)(c3ccccc3)CC2)cc1. The van der Waals surface area contributed by atoms with Crippen molar-refractivity contribution in [2.75, 3.05) is 13.1 Å². The molecule has 0 unspecified atom stereocenters. The van der Waals surface area contributed by atoms with Crippen LogP contribution in [0.25, 0.3) is 6.08 Å². The summed E-state index contributed by atoms with van der Waals surface area (Å²) in [7, 11) is 0. The van der Waals surface area contributed by atoms with Crippen LogP contribution in [0.5, 0.6) is 0 Å². The van der Waals surface area contributed by atoms with Crippen molar-refractivity contribution in [3.8, 4) is 0 Å². The van der Waals surface area contributed by atoms with E-state index in [1.54, 1.807) is 35.2 Å². The molecular weight excluding hydrogens is 356 g/mol. The number of primary amides is 1. The maximum absolute atomic E-state index is 12.5. The molecule has 28 heavy (non-hydrogen) atoms. The fourth-order valence-corrected chi connectivity index (χ4v) is 3.52. The summed E-state index contributed by atoms with van der Waals surface area (Å²) >= 11 is 0. The molecule has 1 fully saturated rings. The Labute approximate surface area is 163 Å². The third-order valence-corrected chi connectivity index (χ3v) is 5.28. The van der Waals surface area contributed by atoms with Crippen molar-refractivity contribution in [2.24, 2.45) is 5.73 Å².